The average molecular weight is 398 g/mol. The lowest BCUT2D eigenvalue weighted by atomic mass is 10.1. The van der Waals surface area contributed by atoms with E-state index in [2.05, 4.69) is 5.32 Å². The van der Waals surface area contributed by atoms with Crippen LogP contribution in [0, 0.1) is 5.82 Å². The summed E-state index contributed by atoms with van der Waals surface area (Å²) in [5.41, 5.74) is 0.325. The third-order valence-corrected chi connectivity index (χ3v) is 4.06. The van der Waals surface area contributed by atoms with Gasteiger partial charge in [-0.05, 0) is 49.8 Å². The second kappa shape index (κ2) is 8.55. The normalized spacial score (nSPS) is 15.5. The van der Waals surface area contributed by atoms with Crippen LogP contribution in [0.2, 0.25) is 0 Å². The number of nitrogens with one attached hydrogen (secondary N) is 1. The van der Waals surface area contributed by atoms with Gasteiger partial charge in [0.2, 0.25) is 0 Å². The van der Waals surface area contributed by atoms with E-state index >= 15 is 0 Å². The first-order valence-electron chi connectivity index (χ1n) is 9.01. The number of benzene rings is 2. The quantitative estimate of drug-likeness (QED) is 0.596. The summed E-state index contributed by atoms with van der Waals surface area (Å²) >= 11 is 0. The molecule has 7 nitrogen and oxygen atoms in total. The van der Waals surface area contributed by atoms with Crippen molar-refractivity contribution in [3.8, 4) is 11.5 Å². The summed E-state index contributed by atoms with van der Waals surface area (Å²) in [5.74, 6) is -1.38. The van der Waals surface area contributed by atoms with Crippen molar-refractivity contribution in [2.24, 2.45) is 0 Å². The summed E-state index contributed by atoms with van der Waals surface area (Å²) in [7, 11) is 0. The molecule has 0 bridgehead atoms. The predicted octanol–water partition coefficient (Wildman–Crippen LogP) is 3.29. The van der Waals surface area contributed by atoms with Crippen LogP contribution in [0.25, 0.3) is 6.08 Å². The molecule has 1 saturated heterocycles. The maximum Gasteiger partial charge on any atom is 0.336 e. The molecule has 29 heavy (non-hydrogen) atoms. The summed E-state index contributed by atoms with van der Waals surface area (Å²) in [6, 6.07) is 9.10. The van der Waals surface area contributed by atoms with Crippen LogP contribution < -0.4 is 19.7 Å². The highest BCUT2D eigenvalue weighted by molar-refractivity contribution is 6.39. The molecule has 150 valence electrons. The predicted molar refractivity (Wildman–Crippen MR) is 104 cm³/mol. The van der Waals surface area contributed by atoms with Crippen molar-refractivity contribution in [1.82, 2.24) is 5.32 Å². The zero-order chi connectivity index (χ0) is 21.0. The fraction of sp³-hybridized carbons (Fsp3) is 0.190. The topological polar surface area (TPSA) is 84.9 Å². The molecule has 0 aromatic heterocycles. The van der Waals surface area contributed by atoms with E-state index < -0.39 is 23.7 Å². The van der Waals surface area contributed by atoms with Crippen LogP contribution in [0.5, 0.6) is 11.5 Å². The molecule has 0 radical (unpaired) electrons. The third kappa shape index (κ3) is 4.26. The zero-order valence-corrected chi connectivity index (χ0v) is 15.9. The molecule has 2 aromatic carbocycles. The number of hydrogen-bond acceptors (Lipinski definition) is 5. The van der Waals surface area contributed by atoms with Crippen molar-refractivity contribution in [3.63, 3.8) is 0 Å². The van der Waals surface area contributed by atoms with Gasteiger partial charge in [-0.15, -0.1) is 0 Å². The lowest BCUT2D eigenvalue weighted by molar-refractivity contribution is -0.122. The monoisotopic (exact) mass is 398 g/mol. The first-order valence-corrected chi connectivity index (χ1v) is 9.01. The van der Waals surface area contributed by atoms with Gasteiger partial charge < -0.3 is 9.47 Å². The van der Waals surface area contributed by atoms with E-state index in [1.807, 2.05) is 0 Å². The first kappa shape index (κ1) is 20.1. The van der Waals surface area contributed by atoms with E-state index in [1.165, 1.54) is 36.4 Å². The smallest absolute Gasteiger partial charge is 0.336 e. The summed E-state index contributed by atoms with van der Waals surface area (Å²) < 4.78 is 24.1. The van der Waals surface area contributed by atoms with Crippen LogP contribution in [0.15, 0.2) is 48.0 Å². The van der Waals surface area contributed by atoms with E-state index in [-0.39, 0.29) is 17.0 Å². The highest BCUT2D eigenvalue weighted by Crippen LogP contribution is 2.35. The fourth-order valence-electron chi connectivity index (χ4n) is 2.81. The van der Waals surface area contributed by atoms with Crippen LogP contribution in [0.1, 0.15) is 19.4 Å². The number of urea groups is 1. The molecule has 2 aromatic rings. The number of nitrogens with zero attached hydrogens (tertiary/aromatic N) is 1. The van der Waals surface area contributed by atoms with E-state index in [0.717, 1.165) is 4.90 Å². The van der Waals surface area contributed by atoms with Crippen LogP contribution in [0.4, 0.5) is 14.9 Å². The second-order valence-corrected chi connectivity index (χ2v) is 6.00. The van der Waals surface area contributed by atoms with Gasteiger partial charge in [0.15, 0.2) is 0 Å². The van der Waals surface area contributed by atoms with E-state index in [9.17, 15) is 18.8 Å². The molecule has 8 heteroatoms. The number of anilines is 1. The number of ether oxygens (including phenoxy) is 2. The number of carbonyl (C=O) groups excluding carboxylic acids is 3. The van der Waals surface area contributed by atoms with Crippen molar-refractivity contribution >= 4 is 29.6 Å². The molecule has 0 unspecified atom stereocenters. The molecule has 0 aliphatic carbocycles. The molecule has 1 aliphatic rings. The van der Waals surface area contributed by atoms with E-state index in [4.69, 9.17) is 9.47 Å². The van der Waals surface area contributed by atoms with Crippen molar-refractivity contribution in [1.29, 1.82) is 0 Å². The van der Waals surface area contributed by atoms with Crippen molar-refractivity contribution in [2.45, 2.75) is 13.8 Å². The van der Waals surface area contributed by atoms with E-state index in [0.29, 0.717) is 24.5 Å². The number of halogens is 1. The first-order chi connectivity index (χ1) is 13.9. The Labute approximate surface area is 166 Å². The Morgan fingerprint density at radius 1 is 1.00 bits per heavy atom. The standard InChI is InChI=1S/C21H19FN2O5/c1-3-28-15-9-10-18(29-4-2)17(12-15)24-20(26)16(19(25)23-21(24)27)11-13-5-7-14(22)8-6-13/h5-12H,3-4H2,1-2H3,(H,23,25,27)/b16-11+. The van der Waals surface area contributed by atoms with Gasteiger partial charge in [-0.1, -0.05) is 12.1 Å². The number of barbiturate groups is 1. The molecule has 1 aliphatic heterocycles. The molecular weight excluding hydrogens is 379 g/mol. The van der Waals surface area contributed by atoms with Crippen LogP contribution in [-0.2, 0) is 9.59 Å². The number of rotatable bonds is 6. The summed E-state index contributed by atoms with van der Waals surface area (Å²) in [5, 5.41) is 2.15. The maximum atomic E-state index is 13.1. The molecular formula is C21H19FN2O5. The van der Waals surface area contributed by atoms with Crippen molar-refractivity contribution in [3.05, 3.63) is 59.4 Å². The average Bonchev–Trinajstić information content (AvgIpc) is 2.68. The number of amides is 4. The summed E-state index contributed by atoms with van der Waals surface area (Å²) in [6.45, 7) is 4.27. The molecule has 1 fully saturated rings. The Kier molecular flexibility index (Phi) is 5.92. The van der Waals surface area contributed by atoms with Crippen molar-refractivity contribution < 1.29 is 28.2 Å². The Bertz CT molecular complexity index is 985. The lowest BCUT2D eigenvalue weighted by Crippen LogP contribution is -2.54. The molecule has 1 heterocycles. The second-order valence-electron chi connectivity index (χ2n) is 6.00. The minimum Gasteiger partial charge on any atom is -0.494 e. The summed E-state index contributed by atoms with van der Waals surface area (Å²) in [4.78, 5) is 38.6. The van der Waals surface area contributed by atoms with Gasteiger partial charge in [-0.2, -0.15) is 0 Å². The van der Waals surface area contributed by atoms with Gasteiger partial charge in [0.1, 0.15) is 22.9 Å². The molecule has 4 amide bonds. The molecule has 0 saturated carbocycles. The van der Waals surface area contributed by atoms with Gasteiger partial charge in [0.25, 0.3) is 11.8 Å². The van der Waals surface area contributed by atoms with Gasteiger partial charge in [0.05, 0.1) is 18.9 Å². The Morgan fingerprint density at radius 2 is 1.69 bits per heavy atom. The highest BCUT2D eigenvalue weighted by atomic mass is 19.1. The summed E-state index contributed by atoms with van der Waals surface area (Å²) in [6.07, 6.45) is 1.29. The van der Waals surface area contributed by atoms with Gasteiger partial charge in [0, 0.05) is 6.07 Å². The fourth-order valence-corrected chi connectivity index (χ4v) is 2.81. The molecule has 0 spiro atoms. The minimum absolute atomic E-state index is 0.151. The Morgan fingerprint density at radius 3 is 2.34 bits per heavy atom. The molecule has 1 N–H and O–H groups in total. The minimum atomic E-state index is -0.897. The molecule has 3 rings (SSSR count). The number of carbonyl (C=O) groups is 3. The third-order valence-electron chi connectivity index (χ3n) is 4.06. The Hall–Kier alpha value is -3.68. The van der Waals surface area contributed by atoms with Crippen LogP contribution >= 0.6 is 0 Å². The zero-order valence-electron chi connectivity index (χ0n) is 15.9. The van der Waals surface area contributed by atoms with E-state index in [1.54, 1.807) is 26.0 Å². The van der Waals surface area contributed by atoms with Gasteiger partial charge in [-0.3, -0.25) is 14.9 Å². The van der Waals surface area contributed by atoms with Crippen molar-refractivity contribution in [2.75, 3.05) is 18.1 Å². The van der Waals surface area contributed by atoms with Gasteiger partial charge in [-0.25, -0.2) is 14.1 Å². The highest BCUT2D eigenvalue weighted by Gasteiger charge is 2.38. The lowest BCUT2D eigenvalue weighted by Gasteiger charge is -2.28. The Balaban J connectivity index is 2.05. The van der Waals surface area contributed by atoms with Gasteiger partial charge >= 0.3 is 6.03 Å². The largest absolute Gasteiger partial charge is 0.494 e. The number of imide groups is 2. The van der Waals surface area contributed by atoms with Crippen LogP contribution in [0.3, 0.4) is 0 Å². The maximum absolute atomic E-state index is 13.1. The number of hydrogen-bond donors (Lipinski definition) is 1. The SMILES string of the molecule is CCOc1ccc(OCC)c(N2C(=O)NC(=O)/C(=C\c3ccc(F)cc3)C2=O)c1. The van der Waals surface area contributed by atoms with Crippen LogP contribution in [-0.4, -0.2) is 31.1 Å². The molecule has 0 atom stereocenters.